The number of anilines is 6. The van der Waals surface area contributed by atoms with Crippen molar-refractivity contribution in [2.24, 2.45) is 9.98 Å². The molecule has 0 bridgehead atoms. The van der Waals surface area contributed by atoms with Crippen molar-refractivity contribution in [1.82, 2.24) is 64.0 Å². The molecule has 0 amide bonds. The maximum atomic E-state index is 5.60. The molecule has 23 rings (SSSR count). The van der Waals surface area contributed by atoms with Crippen LogP contribution in [0.5, 0.6) is 0 Å². The number of benzene rings is 10. The lowest BCUT2D eigenvalue weighted by Gasteiger charge is -2.26. The van der Waals surface area contributed by atoms with Gasteiger partial charge in [-0.3, -0.25) is 19.1 Å². The SMILES string of the molecule is Brc1cccc2[nH]c3ccccc3c12.c1ccc(N(c2ccccc2)c2cc(-c3nc4cccnc4n3-c3cccc4[nH]c5ccccc5c34)nc(-c3nc4cccnc4n3-c3cccc4[nH]c5ccccc5c34)c2)cc1.c1ccc(N(c2ccccc2)c2cc(C3=Nc4cccnc4C3)nc(C3=Nc4cccnc4C3)c2)cc1. The van der Waals surface area contributed by atoms with Gasteiger partial charge in [0.2, 0.25) is 0 Å². The predicted molar refractivity (Wildman–Crippen MR) is 464 cm³/mol. The topological polar surface area (TPSA) is 192 Å². The minimum Gasteiger partial charge on any atom is -0.354 e. The summed E-state index contributed by atoms with van der Waals surface area (Å²) < 4.78 is 5.45. The van der Waals surface area contributed by atoms with Crippen molar-refractivity contribution in [2.75, 3.05) is 9.80 Å². The molecule has 10 aromatic carbocycles. The molecule has 3 N–H and O–H groups in total. The monoisotopic (exact) mass is 1530 g/mol. The Bertz CT molecular complexity index is 6980. The minimum atomic E-state index is 0.644. The Balaban J connectivity index is 0.000000133. The highest BCUT2D eigenvalue weighted by atomic mass is 79.9. The minimum absolute atomic E-state index is 0.644. The second-order valence-electron chi connectivity index (χ2n) is 27.9. The van der Waals surface area contributed by atoms with Crippen molar-refractivity contribution in [3.63, 3.8) is 0 Å². The number of para-hydroxylation sites is 7. The molecule has 2 aliphatic heterocycles. The Morgan fingerprint density at radius 3 is 1.05 bits per heavy atom. The van der Waals surface area contributed by atoms with Crippen LogP contribution in [-0.2, 0) is 12.8 Å². The smallest absolute Gasteiger partial charge is 0.165 e. The number of fused-ring (bicyclic) bond motifs is 13. The van der Waals surface area contributed by atoms with Gasteiger partial charge in [-0.2, -0.15) is 0 Å². The Morgan fingerprint density at radius 2 is 0.632 bits per heavy atom. The number of nitrogens with one attached hydrogen (secondary N) is 3. The molecule has 21 aromatic rings. The average molecular weight is 1540 g/mol. The maximum Gasteiger partial charge on any atom is 0.165 e. The first-order valence-corrected chi connectivity index (χ1v) is 38.4. The van der Waals surface area contributed by atoms with Gasteiger partial charge in [0.05, 0.1) is 68.3 Å². The number of H-pyrrole nitrogens is 3. The van der Waals surface area contributed by atoms with Gasteiger partial charge in [0.1, 0.15) is 22.4 Å². The molecule has 11 aromatic heterocycles. The number of pyridine rings is 6. The molecular weight excluding hydrogens is 1470 g/mol. The fraction of sp³-hybridized carbons (Fsp3) is 0.0208. The zero-order valence-corrected chi connectivity index (χ0v) is 62.5. The first kappa shape index (κ1) is 67.0. The van der Waals surface area contributed by atoms with Gasteiger partial charge in [0, 0.05) is 130 Å². The molecule has 0 unspecified atom stereocenters. The lowest BCUT2D eigenvalue weighted by atomic mass is 10.1. The van der Waals surface area contributed by atoms with E-state index in [1.165, 1.54) is 21.8 Å². The third-order valence-electron chi connectivity index (χ3n) is 21.0. The van der Waals surface area contributed by atoms with Crippen LogP contribution < -0.4 is 9.80 Å². The molecule has 114 heavy (non-hydrogen) atoms. The van der Waals surface area contributed by atoms with Crippen LogP contribution in [0.15, 0.2) is 361 Å². The van der Waals surface area contributed by atoms with E-state index in [0.717, 1.165) is 161 Å². The van der Waals surface area contributed by atoms with Crippen LogP contribution in [0.2, 0.25) is 0 Å². The highest BCUT2D eigenvalue weighted by Crippen LogP contribution is 2.44. The zero-order valence-electron chi connectivity index (χ0n) is 61.0. The van der Waals surface area contributed by atoms with E-state index < -0.39 is 0 Å². The average Bonchev–Trinajstić information content (AvgIpc) is 1.57. The van der Waals surface area contributed by atoms with Crippen LogP contribution in [0.3, 0.4) is 0 Å². The van der Waals surface area contributed by atoms with E-state index >= 15 is 0 Å². The van der Waals surface area contributed by atoms with Crippen molar-refractivity contribution < 1.29 is 0 Å². The van der Waals surface area contributed by atoms with Gasteiger partial charge in [0.25, 0.3) is 0 Å². The molecule has 13 heterocycles. The summed E-state index contributed by atoms with van der Waals surface area (Å²) in [6.07, 6.45) is 8.57. The van der Waals surface area contributed by atoms with E-state index in [4.69, 9.17) is 39.9 Å². The number of aliphatic imine (C=N–C) groups is 2. The van der Waals surface area contributed by atoms with Crippen molar-refractivity contribution >= 4 is 161 Å². The highest BCUT2D eigenvalue weighted by Gasteiger charge is 2.29. The molecule has 0 fully saturated rings. The van der Waals surface area contributed by atoms with E-state index in [9.17, 15) is 0 Å². The highest BCUT2D eigenvalue weighted by molar-refractivity contribution is 9.10. The number of hydrogen-bond donors (Lipinski definition) is 3. The van der Waals surface area contributed by atoms with Crippen LogP contribution in [-0.4, -0.2) is 75.4 Å². The van der Waals surface area contributed by atoms with Crippen LogP contribution >= 0.6 is 15.9 Å². The van der Waals surface area contributed by atoms with Gasteiger partial charge in [-0.15, -0.1) is 0 Å². The maximum absolute atomic E-state index is 5.60. The first-order chi connectivity index (χ1) is 56.4. The lowest BCUT2D eigenvalue weighted by Crippen LogP contribution is -2.15. The first-order valence-electron chi connectivity index (χ1n) is 37.6. The molecule has 0 spiro atoms. The molecule has 18 heteroatoms. The van der Waals surface area contributed by atoms with Gasteiger partial charge in [0.15, 0.2) is 22.9 Å². The molecule has 0 radical (unpaired) electrons. The van der Waals surface area contributed by atoms with E-state index in [0.29, 0.717) is 35.9 Å². The zero-order chi connectivity index (χ0) is 75.6. The van der Waals surface area contributed by atoms with E-state index in [-0.39, 0.29) is 0 Å². The van der Waals surface area contributed by atoms with Crippen LogP contribution in [0.4, 0.5) is 45.5 Å². The summed E-state index contributed by atoms with van der Waals surface area (Å²) in [6, 6.07) is 110. The summed E-state index contributed by atoms with van der Waals surface area (Å²) in [6.45, 7) is 0. The third kappa shape index (κ3) is 12.0. The fourth-order valence-electron chi connectivity index (χ4n) is 16.0. The van der Waals surface area contributed by atoms with Crippen LogP contribution in [0, 0.1) is 0 Å². The van der Waals surface area contributed by atoms with Crippen LogP contribution in [0.25, 0.3) is 122 Å². The molecule has 0 atom stereocenters. The lowest BCUT2D eigenvalue weighted by molar-refractivity contribution is 1.05. The number of halogens is 1. The molecule has 0 aliphatic carbocycles. The number of hydrogen-bond acceptors (Lipinski definition) is 12. The third-order valence-corrected chi connectivity index (χ3v) is 21.6. The van der Waals surface area contributed by atoms with Gasteiger partial charge in [-0.25, -0.2) is 39.9 Å². The summed E-state index contributed by atoms with van der Waals surface area (Å²) in [5.74, 6) is 1.29. The standard InChI is InChI=1S/C53H34N10.C31H22N6.C12H8BrN/c1-3-15-33(16-4-1)61(34-17-5-2-6-18-34)35-31-44(52-59-42-25-13-29-54-50(42)62(52)46-27-11-23-40-48(46)36-19-7-9-21-38(36)56-40)58-45(32-35)53-60-43-26-14-30-55-51(43)63(53)47-28-12-24-41-49(47)37-20-8-10-22-39(37)57-41;1-3-9-21(10-4-1)37(22-11-5-2-6-12-22)23-17-28(30-19-26-24(34-30)13-7-15-32-26)36-29(18-23)31-20-27-25(35-31)14-8-16-33-27;13-9-5-3-7-11-12(9)8-4-1-2-6-10(8)14-11/h1-32,56-57H;1-18H,19-20H2;1-7,14H. The number of imidazole rings is 2. The summed E-state index contributed by atoms with van der Waals surface area (Å²) in [5, 5.41) is 6.91. The van der Waals surface area contributed by atoms with Crippen molar-refractivity contribution in [3.05, 3.63) is 374 Å². The quantitative estimate of drug-likeness (QED) is 0.106. The van der Waals surface area contributed by atoms with Gasteiger partial charge in [-0.05, 0) is 176 Å². The number of nitrogens with zero attached hydrogens (tertiary/aromatic N) is 14. The van der Waals surface area contributed by atoms with Crippen molar-refractivity contribution in [2.45, 2.75) is 12.8 Å². The second-order valence-corrected chi connectivity index (χ2v) is 28.8. The molecular formula is C96H64BrN17. The van der Waals surface area contributed by atoms with Gasteiger partial charge >= 0.3 is 0 Å². The molecule has 540 valence electrons. The summed E-state index contributed by atoms with van der Waals surface area (Å²) >= 11 is 3.58. The van der Waals surface area contributed by atoms with E-state index in [1.54, 1.807) is 0 Å². The Kier molecular flexibility index (Phi) is 16.7. The predicted octanol–water partition coefficient (Wildman–Crippen LogP) is 23.4. The normalized spacial score (nSPS) is 12.3. The van der Waals surface area contributed by atoms with Crippen molar-refractivity contribution in [1.29, 1.82) is 0 Å². The molecule has 17 nitrogen and oxygen atoms in total. The number of rotatable bonds is 12. The number of aromatic nitrogens is 13. The summed E-state index contributed by atoms with van der Waals surface area (Å²) in [7, 11) is 0. The number of aromatic amines is 3. The molecule has 0 saturated heterocycles. The van der Waals surface area contributed by atoms with Crippen LogP contribution in [0.1, 0.15) is 22.8 Å². The van der Waals surface area contributed by atoms with E-state index in [2.05, 4.69) is 296 Å². The molecule has 2 aliphatic rings. The largest absolute Gasteiger partial charge is 0.354 e. The van der Waals surface area contributed by atoms with Crippen molar-refractivity contribution in [3.8, 4) is 34.4 Å². The Hall–Kier alpha value is -15.1. The van der Waals surface area contributed by atoms with E-state index in [1.807, 2.05) is 110 Å². The Labute approximate surface area is 660 Å². The molecule has 0 saturated carbocycles. The summed E-state index contributed by atoms with van der Waals surface area (Å²) in [5.41, 5.74) is 25.9. The second kappa shape index (κ2) is 28.4. The Morgan fingerprint density at radius 1 is 0.289 bits per heavy atom. The fourth-order valence-corrected chi connectivity index (χ4v) is 16.5. The van der Waals surface area contributed by atoms with Gasteiger partial charge < -0.3 is 24.8 Å². The van der Waals surface area contributed by atoms with Gasteiger partial charge in [-0.1, -0.05) is 162 Å². The summed E-state index contributed by atoms with van der Waals surface area (Å²) in [4.78, 5) is 65.4.